The molecule has 3 N–H and O–H groups in total. The Kier molecular flexibility index (Phi) is 9.71. The van der Waals surface area contributed by atoms with E-state index in [9.17, 15) is 14.4 Å². The first kappa shape index (κ1) is 21.6. The van der Waals surface area contributed by atoms with Crippen molar-refractivity contribution < 1.29 is 24.2 Å². The maximum Gasteiger partial charge on any atom is 0.407 e. The minimum absolute atomic E-state index is 0.151. The van der Waals surface area contributed by atoms with Gasteiger partial charge in [-0.3, -0.25) is 4.79 Å². The Morgan fingerprint density at radius 3 is 2.30 bits per heavy atom. The van der Waals surface area contributed by atoms with Crippen molar-refractivity contribution in [3.8, 4) is 0 Å². The fourth-order valence-corrected chi connectivity index (χ4v) is 2.29. The van der Waals surface area contributed by atoms with Crippen LogP contribution in [-0.2, 0) is 14.3 Å². The molecule has 0 aliphatic rings. The van der Waals surface area contributed by atoms with E-state index >= 15 is 0 Å². The van der Waals surface area contributed by atoms with Crippen LogP contribution in [-0.4, -0.2) is 52.8 Å². The van der Waals surface area contributed by atoms with Crippen LogP contribution in [0.1, 0.15) is 41.0 Å². The molecule has 0 spiro atoms. The Labute approximate surface area is 141 Å². The number of hydrogen-bond donors (Lipinski definition) is 3. The van der Waals surface area contributed by atoms with Crippen molar-refractivity contribution in [2.24, 2.45) is 5.92 Å². The molecular weight excluding hydrogens is 320 g/mol. The summed E-state index contributed by atoms with van der Waals surface area (Å²) in [6.07, 6.45) is -0.100. The number of aliphatic carboxylic acids is 1. The molecule has 0 saturated heterocycles. The van der Waals surface area contributed by atoms with E-state index in [-0.39, 0.29) is 17.6 Å². The largest absolute Gasteiger partial charge is 0.480 e. The summed E-state index contributed by atoms with van der Waals surface area (Å²) in [4.78, 5) is 34.2. The highest BCUT2D eigenvalue weighted by Gasteiger charge is 2.20. The van der Waals surface area contributed by atoms with Crippen molar-refractivity contribution in [3.05, 3.63) is 0 Å². The summed E-state index contributed by atoms with van der Waals surface area (Å²) >= 11 is 1.32. The predicted octanol–water partition coefficient (Wildman–Crippen LogP) is 1.86. The molecule has 0 bridgehead atoms. The molecule has 0 aromatic rings. The van der Waals surface area contributed by atoms with E-state index in [0.717, 1.165) is 0 Å². The number of carboxylic acids is 1. The Hall–Kier alpha value is -1.44. The molecule has 0 aliphatic heterocycles. The van der Waals surface area contributed by atoms with E-state index in [0.29, 0.717) is 18.7 Å². The number of carboxylic acid groups (broad SMARTS) is 1. The molecule has 0 aromatic heterocycles. The lowest BCUT2D eigenvalue weighted by Crippen LogP contribution is -2.42. The van der Waals surface area contributed by atoms with Crippen molar-refractivity contribution >= 4 is 29.7 Å². The second-order valence-electron chi connectivity index (χ2n) is 6.57. The third kappa shape index (κ3) is 12.8. The van der Waals surface area contributed by atoms with E-state index in [1.165, 1.54) is 11.8 Å². The number of nitrogens with one attached hydrogen (secondary N) is 2. The monoisotopic (exact) mass is 348 g/mol. The highest BCUT2D eigenvalue weighted by atomic mass is 32.2. The van der Waals surface area contributed by atoms with Crippen molar-refractivity contribution in [2.75, 3.05) is 18.1 Å². The maximum absolute atomic E-state index is 11.7. The SMILES string of the molecule is CC(C)CC(NC(=O)CSCCNC(=O)OC(C)(C)C)C(=O)O. The molecule has 0 aromatic carbocycles. The molecule has 134 valence electrons. The average Bonchev–Trinajstić information content (AvgIpc) is 2.34. The number of rotatable bonds is 9. The number of carbonyl (C=O) groups is 3. The van der Waals surface area contributed by atoms with E-state index in [2.05, 4.69) is 10.6 Å². The molecule has 1 atom stereocenters. The molecule has 7 nitrogen and oxygen atoms in total. The minimum Gasteiger partial charge on any atom is -0.480 e. The molecule has 2 amide bonds. The summed E-state index contributed by atoms with van der Waals surface area (Å²) in [5, 5.41) is 14.1. The number of hydrogen-bond acceptors (Lipinski definition) is 5. The first-order chi connectivity index (χ1) is 10.5. The quantitative estimate of drug-likeness (QED) is 0.549. The minimum atomic E-state index is -1.02. The van der Waals surface area contributed by atoms with Gasteiger partial charge in [0, 0.05) is 12.3 Å². The fraction of sp³-hybridized carbons (Fsp3) is 0.800. The fourth-order valence-electron chi connectivity index (χ4n) is 1.63. The van der Waals surface area contributed by atoms with Gasteiger partial charge < -0.3 is 20.5 Å². The van der Waals surface area contributed by atoms with E-state index in [1.54, 1.807) is 20.8 Å². The second-order valence-corrected chi connectivity index (χ2v) is 7.67. The van der Waals surface area contributed by atoms with Crippen LogP contribution in [0.2, 0.25) is 0 Å². The van der Waals surface area contributed by atoms with Gasteiger partial charge in [0.1, 0.15) is 11.6 Å². The van der Waals surface area contributed by atoms with Gasteiger partial charge in [-0.2, -0.15) is 11.8 Å². The van der Waals surface area contributed by atoms with Crippen LogP contribution >= 0.6 is 11.8 Å². The number of amides is 2. The molecular formula is C15H28N2O5S. The topological polar surface area (TPSA) is 105 Å². The molecule has 0 rings (SSSR count). The van der Waals surface area contributed by atoms with Crippen molar-refractivity contribution in [1.29, 1.82) is 0 Å². The van der Waals surface area contributed by atoms with E-state index in [1.807, 2.05) is 13.8 Å². The van der Waals surface area contributed by atoms with Crippen LogP contribution in [0.15, 0.2) is 0 Å². The van der Waals surface area contributed by atoms with Crippen LogP contribution in [0.3, 0.4) is 0 Å². The lowest BCUT2D eigenvalue weighted by atomic mass is 10.0. The lowest BCUT2D eigenvalue weighted by Gasteiger charge is -2.19. The summed E-state index contributed by atoms with van der Waals surface area (Å²) in [7, 11) is 0. The predicted molar refractivity (Wildman–Crippen MR) is 90.6 cm³/mol. The highest BCUT2D eigenvalue weighted by Crippen LogP contribution is 2.07. The molecule has 0 aliphatic carbocycles. The Morgan fingerprint density at radius 2 is 1.83 bits per heavy atom. The van der Waals surface area contributed by atoms with Gasteiger partial charge in [0.15, 0.2) is 0 Å². The highest BCUT2D eigenvalue weighted by molar-refractivity contribution is 7.99. The molecule has 23 heavy (non-hydrogen) atoms. The number of thioether (sulfide) groups is 1. The van der Waals surface area contributed by atoms with Gasteiger partial charge in [0.2, 0.25) is 5.91 Å². The van der Waals surface area contributed by atoms with Crippen LogP contribution in [0, 0.1) is 5.92 Å². The first-order valence-corrected chi connectivity index (χ1v) is 8.73. The maximum atomic E-state index is 11.7. The third-order valence-electron chi connectivity index (χ3n) is 2.49. The van der Waals surface area contributed by atoms with Gasteiger partial charge in [0.25, 0.3) is 0 Å². The third-order valence-corrected chi connectivity index (χ3v) is 3.45. The van der Waals surface area contributed by atoms with Gasteiger partial charge in [0.05, 0.1) is 5.75 Å². The standard InChI is InChI=1S/C15H28N2O5S/c1-10(2)8-11(13(19)20)17-12(18)9-23-7-6-16-14(21)22-15(3,4)5/h10-11H,6-9H2,1-5H3,(H,16,21)(H,17,18)(H,19,20). The number of ether oxygens (including phenoxy) is 1. The smallest absolute Gasteiger partial charge is 0.407 e. The van der Waals surface area contributed by atoms with Crippen LogP contribution in [0.5, 0.6) is 0 Å². The number of alkyl carbamates (subject to hydrolysis) is 1. The summed E-state index contributed by atoms with van der Waals surface area (Å²) in [6, 6.07) is -0.858. The Morgan fingerprint density at radius 1 is 1.22 bits per heavy atom. The lowest BCUT2D eigenvalue weighted by molar-refractivity contribution is -0.141. The van der Waals surface area contributed by atoms with Crippen molar-refractivity contribution in [2.45, 2.75) is 52.7 Å². The molecule has 0 saturated carbocycles. The summed E-state index contributed by atoms with van der Waals surface area (Å²) in [5.74, 6) is -0.474. The molecule has 0 heterocycles. The zero-order valence-electron chi connectivity index (χ0n) is 14.5. The van der Waals surface area contributed by atoms with Gasteiger partial charge in [-0.15, -0.1) is 0 Å². The first-order valence-electron chi connectivity index (χ1n) is 7.58. The van der Waals surface area contributed by atoms with Crippen molar-refractivity contribution in [1.82, 2.24) is 10.6 Å². The molecule has 8 heteroatoms. The van der Waals surface area contributed by atoms with E-state index < -0.39 is 23.7 Å². The molecule has 1 unspecified atom stereocenters. The molecule has 0 radical (unpaired) electrons. The summed E-state index contributed by atoms with van der Waals surface area (Å²) in [6.45, 7) is 9.52. The Balaban J connectivity index is 3.90. The van der Waals surface area contributed by atoms with Gasteiger partial charge in [-0.25, -0.2) is 9.59 Å². The number of carbonyl (C=O) groups excluding carboxylic acids is 2. The Bertz CT molecular complexity index is 407. The van der Waals surface area contributed by atoms with Gasteiger partial charge >= 0.3 is 12.1 Å². The van der Waals surface area contributed by atoms with Gasteiger partial charge in [-0.1, -0.05) is 13.8 Å². The van der Waals surface area contributed by atoms with E-state index in [4.69, 9.17) is 9.84 Å². The zero-order chi connectivity index (χ0) is 18.0. The van der Waals surface area contributed by atoms with Crippen LogP contribution in [0.4, 0.5) is 4.79 Å². The van der Waals surface area contributed by atoms with Gasteiger partial charge in [-0.05, 0) is 33.1 Å². The summed E-state index contributed by atoms with van der Waals surface area (Å²) < 4.78 is 5.08. The second kappa shape index (κ2) is 10.4. The van der Waals surface area contributed by atoms with Crippen LogP contribution in [0.25, 0.3) is 0 Å². The van der Waals surface area contributed by atoms with Crippen molar-refractivity contribution in [3.63, 3.8) is 0 Å². The average molecular weight is 348 g/mol. The summed E-state index contributed by atoms with van der Waals surface area (Å²) in [5.41, 5.74) is -0.542. The normalized spacial score (nSPS) is 12.6. The van der Waals surface area contributed by atoms with Crippen LogP contribution < -0.4 is 10.6 Å². The molecule has 0 fully saturated rings. The zero-order valence-corrected chi connectivity index (χ0v) is 15.3.